The summed E-state index contributed by atoms with van der Waals surface area (Å²) in [6.45, 7) is 32.0. The minimum absolute atomic E-state index is 0.275. The first-order chi connectivity index (χ1) is 33.5. The summed E-state index contributed by atoms with van der Waals surface area (Å²) < 4.78 is 0. The van der Waals surface area contributed by atoms with E-state index in [0.717, 1.165) is 0 Å². The Balaban J connectivity index is 1.34. The quantitative estimate of drug-likeness (QED) is 0.126. The summed E-state index contributed by atoms with van der Waals surface area (Å²) in [4.78, 5) is 5.20. The molecule has 0 bridgehead atoms. The molecular weight excluding hydrogens is 845 g/mol. The van der Waals surface area contributed by atoms with Gasteiger partial charge in [0, 0.05) is 33.5 Å². The molecule has 10 aromatic rings. The van der Waals surface area contributed by atoms with E-state index < -0.39 is 0 Å². The van der Waals surface area contributed by atoms with E-state index in [2.05, 4.69) is 252 Å². The lowest BCUT2D eigenvalue weighted by Crippen LogP contribution is -2.15. The maximum atomic E-state index is 2.60. The van der Waals surface area contributed by atoms with Crippen molar-refractivity contribution in [2.75, 3.05) is 9.80 Å². The van der Waals surface area contributed by atoms with Gasteiger partial charge in [-0.3, -0.25) is 0 Å². The van der Waals surface area contributed by atoms with Gasteiger partial charge in [-0.1, -0.05) is 137 Å². The highest BCUT2D eigenvalue weighted by atomic mass is 15.2. The molecule has 2 heteroatoms. The maximum absolute atomic E-state index is 2.60. The van der Waals surface area contributed by atoms with Crippen LogP contribution in [0.3, 0.4) is 0 Å². The SMILES string of the molecule is Cc1ccc(C)c(N(c2cc(-c3c(C)cccc3C)ccc2C)c2cc(C(C)C)c3ccc4c(N(c5cc(C)ccc5C)c5cc(-c6c(C)cccc6C)ccc5C)cc(C(C)C)c5ccc2c3c54)c1. The normalized spacial score (nSPS) is 11.8. The monoisotopic (exact) mass is 913 g/mol. The highest BCUT2D eigenvalue weighted by Gasteiger charge is 2.28. The minimum atomic E-state index is 0.275. The van der Waals surface area contributed by atoms with Crippen molar-refractivity contribution in [1.29, 1.82) is 0 Å². The van der Waals surface area contributed by atoms with Crippen LogP contribution >= 0.6 is 0 Å². The van der Waals surface area contributed by atoms with E-state index in [1.54, 1.807) is 0 Å². The van der Waals surface area contributed by atoms with E-state index in [4.69, 9.17) is 0 Å². The van der Waals surface area contributed by atoms with Crippen molar-refractivity contribution in [3.8, 4) is 22.3 Å². The predicted octanol–water partition coefficient (Wildman–Crippen LogP) is 20.2. The Kier molecular flexibility index (Phi) is 12.0. The van der Waals surface area contributed by atoms with Gasteiger partial charge in [-0.15, -0.1) is 0 Å². The Bertz CT molecular complexity index is 3390. The van der Waals surface area contributed by atoms with E-state index in [9.17, 15) is 0 Å². The fourth-order valence-electron chi connectivity index (χ4n) is 11.6. The number of hydrogen-bond acceptors (Lipinski definition) is 2. The van der Waals surface area contributed by atoms with Gasteiger partial charge in [-0.05, 0) is 228 Å². The molecule has 0 aliphatic rings. The van der Waals surface area contributed by atoms with Gasteiger partial charge in [0.1, 0.15) is 0 Å². The number of benzene rings is 10. The first-order valence-corrected chi connectivity index (χ1v) is 25.4. The fraction of sp³-hybridized carbons (Fsp3) is 0.235. The Morgan fingerprint density at radius 1 is 0.286 bits per heavy atom. The summed E-state index contributed by atoms with van der Waals surface area (Å²) in [5, 5.41) is 7.84. The smallest absolute Gasteiger partial charge is 0.0543 e. The van der Waals surface area contributed by atoms with E-state index in [0.29, 0.717) is 0 Å². The van der Waals surface area contributed by atoms with Crippen molar-refractivity contribution in [3.05, 3.63) is 212 Å². The average molecular weight is 913 g/mol. The molecule has 0 aliphatic heterocycles. The molecule has 0 heterocycles. The third kappa shape index (κ3) is 7.83. The molecule has 0 aliphatic carbocycles. The van der Waals surface area contributed by atoms with Crippen molar-refractivity contribution in [1.82, 2.24) is 0 Å². The molecule has 0 atom stereocenters. The largest absolute Gasteiger partial charge is 0.309 e. The molecule has 0 radical (unpaired) electrons. The van der Waals surface area contributed by atoms with E-state index >= 15 is 0 Å². The first kappa shape index (κ1) is 46.6. The average Bonchev–Trinajstić information content (AvgIpc) is 3.32. The fourth-order valence-corrected chi connectivity index (χ4v) is 11.6. The summed E-state index contributed by atoms with van der Waals surface area (Å²) in [6.07, 6.45) is 0. The van der Waals surface area contributed by atoms with Gasteiger partial charge in [-0.2, -0.15) is 0 Å². The van der Waals surface area contributed by atoms with Gasteiger partial charge in [0.25, 0.3) is 0 Å². The zero-order chi connectivity index (χ0) is 49.4. The van der Waals surface area contributed by atoms with Crippen LogP contribution in [0.15, 0.2) is 146 Å². The Morgan fingerprint density at radius 2 is 0.600 bits per heavy atom. The highest BCUT2D eigenvalue weighted by Crippen LogP contribution is 2.53. The third-order valence-electron chi connectivity index (χ3n) is 15.3. The summed E-state index contributed by atoms with van der Waals surface area (Å²) in [5.41, 5.74) is 27.6. The number of aryl methyl sites for hydroxylation is 10. The van der Waals surface area contributed by atoms with Crippen molar-refractivity contribution in [3.63, 3.8) is 0 Å². The zero-order valence-electron chi connectivity index (χ0n) is 43.9. The molecule has 350 valence electrons. The van der Waals surface area contributed by atoms with Crippen molar-refractivity contribution in [2.24, 2.45) is 0 Å². The van der Waals surface area contributed by atoms with Crippen LogP contribution < -0.4 is 9.80 Å². The topological polar surface area (TPSA) is 6.48 Å². The number of hydrogen-bond donors (Lipinski definition) is 0. The zero-order valence-corrected chi connectivity index (χ0v) is 43.9. The molecule has 10 aromatic carbocycles. The molecular formula is C68H68N2. The van der Waals surface area contributed by atoms with Crippen LogP contribution in [-0.2, 0) is 0 Å². The van der Waals surface area contributed by atoms with Gasteiger partial charge in [0.05, 0.1) is 11.4 Å². The highest BCUT2D eigenvalue weighted by molar-refractivity contribution is 6.29. The summed E-state index contributed by atoms with van der Waals surface area (Å²) in [7, 11) is 0. The van der Waals surface area contributed by atoms with Crippen molar-refractivity contribution in [2.45, 2.75) is 109 Å². The lowest BCUT2D eigenvalue weighted by Gasteiger charge is -2.34. The Labute approximate surface area is 417 Å². The second kappa shape index (κ2) is 18.0. The molecule has 0 spiro atoms. The standard InChI is InChI=1S/C68H68N2/c1-39(2)57-37-63(69(59-33-41(5)21-23-43(59)7)61-35-51(27-25-45(61)9)65-47(11)17-15-18-48(65)12)55-32-30-54-58(40(3)4)38-64(56-31-29-53(57)67(55)68(54)56)70(60-34-42(6)22-24-44(60)8)62-36-52(28-26-46(62)10)66-49(13)19-16-20-50(66)14/h15-40H,1-14H3. The van der Waals surface area contributed by atoms with Crippen LogP contribution in [0.4, 0.5) is 34.1 Å². The molecule has 0 unspecified atom stereocenters. The van der Waals surface area contributed by atoms with E-state index in [1.165, 1.54) is 155 Å². The second-order valence-corrected chi connectivity index (χ2v) is 21.1. The molecule has 2 nitrogen and oxygen atoms in total. The lowest BCUT2D eigenvalue weighted by molar-refractivity contribution is 0.875. The molecule has 0 saturated heterocycles. The van der Waals surface area contributed by atoms with Gasteiger partial charge in [-0.25, -0.2) is 0 Å². The molecule has 70 heavy (non-hydrogen) atoms. The molecule has 0 N–H and O–H groups in total. The summed E-state index contributed by atoms with van der Waals surface area (Å²) >= 11 is 0. The molecule has 0 amide bonds. The van der Waals surface area contributed by atoms with Crippen molar-refractivity contribution >= 4 is 66.4 Å². The van der Waals surface area contributed by atoms with E-state index in [1.807, 2.05) is 0 Å². The van der Waals surface area contributed by atoms with Crippen LogP contribution in [0.5, 0.6) is 0 Å². The third-order valence-corrected chi connectivity index (χ3v) is 15.3. The van der Waals surface area contributed by atoms with Gasteiger partial charge in [0.15, 0.2) is 0 Å². The molecule has 0 fully saturated rings. The van der Waals surface area contributed by atoms with Crippen LogP contribution in [0.25, 0.3) is 54.6 Å². The number of anilines is 6. The van der Waals surface area contributed by atoms with E-state index in [-0.39, 0.29) is 11.8 Å². The minimum Gasteiger partial charge on any atom is -0.309 e. The van der Waals surface area contributed by atoms with Crippen LogP contribution in [0.2, 0.25) is 0 Å². The number of rotatable bonds is 10. The first-order valence-electron chi connectivity index (χ1n) is 25.4. The van der Waals surface area contributed by atoms with Gasteiger partial charge < -0.3 is 9.80 Å². The molecule has 10 rings (SSSR count). The second-order valence-electron chi connectivity index (χ2n) is 21.1. The van der Waals surface area contributed by atoms with Crippen LogP contribution in [0, 0.1) is 69.2 Å². The lowest BCUT2D eigenvalue weighted by atomic mass is 9.83. The Hall–Kier alpha value is -7.16. The molecule has 0 aromatic heterocycles. The number of nitrogens with zero attached hydrogens (tertiary/aromatic N) is 2. The molecule has 0 saturated carbocycles. The van der Waals surface area contributed by atoms with Gasteiger partial charge in [0.2, 0.25) is 0 Å². The summed E-state index contributed by atoms with van der Waals surface area (Å²) in [6, 6.07) is 56.2. The van der Waals surface area contributed by atoms with Crippen molar-refractivity contribution < 1.29 is 0 Å². The van der Waals surface area contributed by atoms with Gasteiger partial charge >= 0.3 is 0 Å². The Morgan fingerprint density at radius 3 is 0.943 bits per heavy atom. The summed E-state index contributed by atoms with van der Waals surface area (Å²) in [5.74, 6) is 0.549. The maximum Gasteiger partial charge on any atom is 0.0543 e. The van der Waals surface area contributed by atoms with Crippen LogP contribution in [0.1, 0.15) is 106 Å². The predicted molar refractivity (Wildman–Crippen MR) is 306 cm³/mol. The van der Waals surface area contributed by atoms with Crippen LogP contribution in [-0.4, -0.2) is 0 Å².